The van der Waals surface area contributed by atoms with E-state index in [0.717, 1.165) is 30.4 Å². The van der Waals surface area contributed by atoms with E-state index in [2.05, 4.69) is 27.6 Å². The van der Waals surface area contributed by atoms with Crippen molar-refractivity contribution in [3.8, 4) is 0 Å². The zero-order valence-corrected chi connectivity index (χ0v) is 15.3. The quantitative estimate of drug-likeness (QED) is 0.473. The summed E-state index contributed by atoms with van der Waals surface area (Å²) in [7, 11) is 0. The van der Waals surface area contributed by atoms with Gasteiger partial charge < -0.3 is 4.90 Å². The molecule has 26 heavy (non-hydrogen) atoms. The first-order chi connectivity index (χ1) is 12.7. The van der Waals surface area contributed by atoms with E-state index in [0.29, 0.717) is 4.90 Å². The van der Waals surface area contributed by atoms with E-state index < -0.39 is 0 Å². The highest BCUT2D eigenvalue weighted by molar-refractivity contribution is 8.00. The van der Waals surface area contributed by atoms with Crippen molar-refractivity contribution in [2.45, 2.75) is 24.2 Å². The fourth-order valence-electron chi connectivity index (χ4n) is 2.84. The Labute approximate surface area is 157 Å². The van der Waals surface area contributed by atoms with E-state index in [1.54, 1.807) is 24.4 Å². The molecule has 4 nitrogen and oxygen atoms in total. The van der Waals surface area contributed by atoms with Crippen LogP contribution in [0.3, 0.4) is 0 Å². The van der Waals surface area contributed by atoms with Gasteiger partial charge in [0.15, 0.2) is 0 Å². The number of piperidine rings is 1. The van der Waals surface area contributed by atoms with Crippen molar-refractivity contribution in [3.63, 3.8) is 0 Å². The molecule has 0 saturated carbocycles. The van der Waals surface area contributed by atoms with Gasteiger partial charge in [-0.15, -0.1) is 11.8 Å². The summed E-state index contributed by atoms with van der Waals surface area (Å²) in [5.74, 6) is -0.464. The third-order valence-electron chi connectivity index (χ3n) is 4.21. The van der Waals surface area contributed by atoms with Crippen molar-refractivity contribution in [1.82, 2.24) is 5.43 Å². The first kappa shape index (κ1) is 18.5. The lowest BCUT2D eigenvalue weighted by atomic mass is 10.1. The molecule has 0 bridgehead atoms. The minimum atomic E-state index is -0.317. The van der Waals surface area contributed by atoms with Gasteiger partial charge in [-0.2, -0.15) is 5.10 Å². The smallest absolute Gasteiger partial charge is 0.250 e. The molecule has 3 rings (SSSR count). The number of hydrazone groups is 1. The van der Waals surface area contributed by atoms with E-state index in [-0.39, 0.29) is 17.5 Å². The van der Waals surface area contributed by atoms with Crippen LogP contribution in [0.4, 0.5) is 10.1 Å². The number of hydrogen-bond donors (Lipinski definition) is 1. The lowest BCUT2D eigenvalue weighted by Crippen LogP contribution is -2.29. The number of amides is 1. The van der Waals surface area contributed by atoms with Gasteiger partial charge in [0, 0.05) is 23.7 Å². The molecule has 1 aliphatic rings. The van der Waals surface area contributed by atoms with Gasteiger partial charge in [0.25, 0.3) is 0 Å². The Bertz CT molecular complexity index is 758. The lowest BCUT2D eigenvalue weighted by Gasteiger charge is -2.28. The number of carbonyl (C=O) groups is 1. The number of thioether (sulfide) groups is 1. The van der Waals surface area contributed by atoms with Crippen LogP contribution in [0.15, 0.2) is 58.5 Å². The molecule has 1 aliphatic heterocycles. The summed E-state index contributed by atoms with van der Waals surface area (Å²) in [4.78, 5) is 14.7. The van der Waals surface area contributed by atoms with Gasteiger partial charge >= 0.3 is 0 Å². The van der Waals surface area contributed by atoms with Gasteiger partial charge in [0.2, 0.25) is 5.91 Å². The van der Waals surface area contributed by atoms with Gasteiger partial charge in [-0.05, 0) is 49.1 Å². The van der Waals surface area contributed by atoms with E-state index in [1.165, 1.54) is 31.0 Å². The molecule has 1 amide bonds. The first-order valence-electron chi connectivity index (χ1n) is 8.76. The van der Waals surface area contributed by atoms with Gasteiger partial charge in [-0.1, -0.05) is 24.3 Å². The van der Waals surface area contributed by atoms with Crippen LogP contribution < -0.4 is 10.3 Å². The highest BCUT2D eigenvalue weighted by Gasteiger charge is 2.10. The van der Waals surface area contributed by atoms with E-state index in [4.69, 9.17) is 0 Å². The van der Waals surface area contributed by atoms with Crippen molar-refractivity contribution >= 4 is 29.6 Å². The standard InChI is InChI=1S/C20H22FN3OS/c21-18-6-2-3-7-19(18)26-15-20(25)23-22-14-16-8-10-17(11-9-16)24-12-4-1-5-13-24/h2-3,6-11,14H,1,4-5,12-13,15H2,(H,23,25)/b22-14-. The molecular formula is C20H22FN3OS. The van der Waals surface area contributed by atoms with Gasteiger partial charge in [0.05, 0.1) is 12.0 Å². The van der Waals surface area contributed by atoms with Crippen LogP contribution in [0.1, 0.15) is 24.8 Å². The highest BCUT2D eigenvalue weighted by atomic mass is 32.2. The Balaban J connectivity index is 1.45. The number of hydrogen-bond acceptors (Lipinski definition) is 4. The zero-order valence-electron chi connectivity index (χ0n) is 14.5. The van der Waals surface area contributed by atoms with Gasteiger partial charge in [0.1, 0.15) is 5.82 Å². The van der Waals surface area contributed by atoms with Crippen LogP contribution >= 0.6 is 11.8 Å². The average molecular weight is 371 g/mol. The summed E-state index contributed by atoms with van der Waals surface area (Å²) in [6, 6.07) is 14.6. The van der Waals surface area contributed by atoms with Crippen LogP contribution in [0.5, 0.6) is 0 Å². The normalized spacial score (nSPS) is 14.6. The van der Waals surface area contributed by atoms with E-state index in [9.17, 15) is 9.18 Å². The molecule has 0 aliphatic carbocycles. The zero-order chi connectivity index (χ0) is 18.2. The third-order valence-corrected chi connectivity index (χ3v) is 5.26. The second-order valence-electron chi connectivity index (χ2n) is 6.15. The maximum atomic E-state index is 13.5. The molecule has 1 heterocycles. The number of rotatable bonds is 6. The predicted octanol–water partition coefficient (Wildman–Crippen LogP) is 4.06. The number of nitrogens with one attached hydrogen (secondary N) is 1. The molecule has 6 heteroatoms. The van der Waals surface area contributed by atoms with Crippen LogP contribution in [0.2, 0.25) is 0 Å². The molecule has 0 unspecified atom stereocenters. The highest BCUT2D eigenvalue weighted by Crippen LogP contribution is 2.21. The summed E-state index contributed by atoms with van der Waals surface area (Å²) in [5.41, 5.74) is 4.63. The summed E-state index contributed by atoms with van der Waals surface area (Å²) < 4.78 is 13.5. The summed E-state index contributed by atoms with van der Waals surface area (Å²) in [6.45, 7) is 2.23. The fourth-order valence-corrected chi connectivity index (χ4v) is 3.57. The Hall–Kier alpha value is -2.34. The van der Waals surface area contributed by atoms with Crippen LogP contribution in [-0.2, 0) is 4.79 Å². The van der Waals surface area contributed by atoms with Crippen molar-refractivity contribution in [2.24, 2.45) is 5.10 Å². The first-order valence-corrected chi connectivity index (χ1v) is 9.75. The van der Waals surface area contributed by atoms with Crippen molar-refractivity contribution < 1.29 is 9.18 Å². The minimum Gasteiger partial charge on any atom is -0.372 e. The molecule has 0 aromatic heterocycles. The van der Waals surface area contributed by atoms with Crippen LogP contribution in [0, 0.1) is 5.82 Å². The molecule has 0 atom stereocenters. The Morgan fingerprint density at radius 2 is 1.85 bits per heavy atom. The SMILES string of the molecule is O=C(CSc1ccccc1F)N/N=C\c1ccc(N2CCCCC2)cc1. The number of benzene rings is 2. The van der Waals surface area contributed by atoms with Crippen LogP contribution in [-0.4, -0.2) is 31.0 Å². The van der Waals surface area contributed by atoms with Crippen LogP contribution in [0.25, 0.3) is 0 Å². The monoisotopic (exact) mass is 371 g/mol. The predicted molar refractivity (Wildman–Crippen MR) is 105 cm³/mol. The van der Waals surface area contributed by atoms with Crippen molar-refractivity contribution in [2.75, 3.05) is 23.7 Å². The van der Waals surface area contributed by atoms with Gasteiger partial charge in [-0.25, -0.2) is 9.82 Å². The summed E-state index contributed by atoms with van der Waals surface area (Å²) in [5, 5.41) is 3.97. The molecule has 0 spiro atoms. The maximum absolute atomic E-state index is 13.5. The second-order valence-corrected chi connectivity index (χ2v) is 7.17. The lowest BCUT2D eigenvalue weighted by molar-refractivity contribution is -0.118. The minimum absolute atomic E-state index is 0.117. The Morgan fingerprint density at radius 3 is 2.58 bits per heavy atom. The molecule has 136 valence electrons. The van der Waals surface area contributed by atoms with Gasteiger partial charge in [-0.3, -0.25) is 4.79 Å². The second kappa shape index (κ2) is 9.38. The molecule has 1 saturated heterocycles. The molecular weight excluding hydrogens is 349 g/mol. The third kappa shape index (κ3) is 5.33. The molecule has 0 radical (unpaired) electrons. The number of halogens is 1. The number of anilines is 1. The molecule has 1 fully saturated rings. The fraction of sp³-hybridized carbons (Fsp3) is 0.300. The van der Waals surface area contributed by atoms with E-state index in [1.807, 2.05) is 12.1 Å². The Kier molecular flexibility index (Phi) is 6.66. The maximum Gasteiger partial charge on any atom is 0.250 e. The topological polar surface area (TPSA) is 44.7 Å². The number of nitrogens with zero attached hydrogens (tertiary/aromatic N) is 2. The molecule has 2 aromatic rings. The Morgan fingerprint density at radius 1 is 1.12 bits per heavy atom. The largest absolute Gasteiger partial charge is 0.372 e. The average Bonchev–Trinajstić information content (AvgIpc) is 2.69. The number of carbonyl (C=O) groups excluding carboxylic acids is 1. The van der Waals surface area contributed by atoms with Crippen molar-refractivity contribution in [3.05, 3.63) is 59.9 Å². The summed E-state index contributed by atoms with van der Waals surface area (Å²) >= 11 is 1.15. The van der Waals surface area contributed by atoms with E-state index >= 15 is 0 Å². The molecule has 1 N–H and O–H groups in total. The summed E-state index contributed by atoms with van der Waals surface area (Å²) in [6.07, 6.45) is 5.43. The van der Waals surface area contributed by atoms with Crippen molar-refractivity contribution in [1.29, 1.82) is 0 Å². The molecule has 2 aromatic carbocycles.